The third kappa shape index (κ3) is 17.0. The van der Waals surface area contributed by atoms with Crippen molar-refractivity contribution in [1.82, 2.24) is 5.32 Å². The fourth-order valence-corrected chi connectivity index (χ4v) is 1.74. The number of alkyl carbamates (subject to hydrolysis) is 1. The molecule has 1 N–H and O–H groups in total. The number of carbonyl (C=O) groups excluding carboxylic acids is 2. The van der Waals surface area contributed by atoms with Crippen molar-refractivity contribution in [3.05, 3.63) is 0 Å². The van der Waals surface area contributed by atoms with Crippen LogP contribution in [0.3, 0.4) is 0 Å². The van der Waals surface area contributed by atoms with E-state index >= 15 is 0 Å². The summed E-state index contributed by atoms with van der Waals surface area (Å²) in [6, 6.07) is 0. The van der Waals surface area contributed by atoms with E-state index in [1.54, 1.807) is 6.92 Å². The fourth-order valence-electron chi connectivity index (χ4n) is 1.74. The van der Waals surface area contributed by atoms with Gasteiger partial charge < -0.3 is 24.3 Å². The second kappa shape index (κ2) is 14.0. The molecule has 142 valence electrons. The van der Waals surface area contributed by atoms with E-state index in [0.717, 1.165) is 19.3 Å². The first-order valence-corrected chi connectivity index (χ1v) is 8.63. The van der Waals surface area contributed by atoms with E-state index < -0.39 is 11.7 Å². The Labute approximate surface area is 145 Å². The molecule has 0 radical (unpaired) electrons. The van der Waals surface area contributed by atoms with E-state index in [0.29, 0.717) is 46.0 Å². The molecule has 0 bridgehead atoms. The van der Waals surface area contributed by atoms with Crippen LogP contribution in [0, 0.1) is 0 Å². The molecule has 0 aromatic heterocycles. The van der Waals surface area contributed by atoms with Gasteiger partial charge in [0.2, 0.25) is 0 Å². The summed E-state index contributed by atoms with van der Waals surface area (Å²) >= 11 is 0. The number of ether oxygens (including phenoxy) is 4. The van der Waals surface area contributed by atoms with Crippen molar-refractivity contribution in [3.8, 4) is 0 Å². The number of esters is 1. The first-order chi connectivity index (χ1) is 11.3. The highest BCUT2D eigenvalue weighted by molar-refractivity contribution is 5.69. The SMILES string of the molecule is CCOC(=O)CCCCCOCCOCCNC(=O)OC(C)(C)C. The lowest BCUT2D eigenvalue weighted by atomic mass is 10.2. The van der Waals surface area contributed by atoms with Gasteiger partial charge >= 0.3 is 12.1 Å². The van der Waals surface area contributed by atoms with E-state index in [1.807, 2.05) is 20.8 Å². The smallest absolute Gasteiger partial charge is 0.407 e. The summed E-state index contributed by atoms with van der Waals surface area (Å²) in [6.45, 7) is 10.2. The number of hydrogen-bond donors (Lipinski definition) is 1. The number of hydrogen-bond acceptors (Lipinski definition) is 6. The minimum Gasteiger partial charge on any atom is -0.466 e. The Morgan fingerprint density at radius 3 is 2.21 bits per heavy atom. The Morgan fingerprint density at radius 2 is 1.58 bits per heavy atom. The molecule has 0 heterocycles. The van der Waals surface area contributed by atoms with Gasteiger partial charge in [0.05, 0.1) is 26.4 Å². The summed E-state index contributed by atoms with van der Waals surface area (Å²) in [5, 5.41) is 2.62. The normalized spacial score (nSPS) is 11.2. The third-order valence-electron chi connectivity index (χ3n) is 2.76. The molecule has 0 fully saturated rings. The van der Waals surface area contributed by atoms with Crippen LogP contribution in [0.2, 0.25) is 0 Å². The highest BCUT2D eigenvalue weighted by atomic mass is 16.6. The van der Waals surface area contributed by atoms with Crippen molar-refractivity contribution in [1.29, 1.82) is 0 Å². The van der Waals surface area contributed by atoms with Gasteiger partial charge in [0, 0.05) is 19.6 Å². The Kier molecular flexibility index (Phi) is 13.3. The number of unbranched alkanes of at least 4 members (excludes halogenated alkanes) is 2. The highest BCUT2D eigenvalue weighted by Crippen LogP contribution is 2.06. The molecule has 0 spiro atoms. The number of rotatable bonds is 13. The molecule has 0 atom stereocenters. The first-order valence-electron chi connectivity index (χ1n) is 8.63. The zero-order valence-electron chi connectivity index (χ0n) is 15.5. The second-order valence-electron chi connectivity index (χ2n) is 6.27. The number of carbonyl (C=O) groups is 2. The first kappa shape index (κ1) is 22.7. The highest BCUT2D eigenvalue weighted by Gasteiger charge is 2.15. The van der Waals surface area contributed by atoms with Crippen LogP contribution >= 0.6 is 0 Å². The summed E-state index contributed by atoms with van der Waals surface area (Å²) in [4.78, 5) is 22.5. The Balaban J connectivity index is 3.23. The quantitative estimate of drug-likeness (QED) is 0.407. The maximum Gasteiger partial charge on any atom is 0.407 e. The predicted octanol–water partition coefficient (Wildman–Crippen LogP) is 2.67. The molecule has 0 unspecified atom stereocenters. The largest absolute Gasteiger partial charge is 0.466 e. The van der Waals surface area contributed by atoms with E-state index in [4.69, 9.17) is 18.9 Å². The van der Waals surface area contributed by atoms with Gasteiger partial charge in [-0.25, -0.2) is 4.79 Å². The molecule has 24 heavy (non-hydrogen) atoms. The molecule has 0 aliphatic rings. The maximum atomic E-state index is 11.4. The van der Waals surface area contributed by atoms with Gasteiger partial charge in [-0.15, -0.1) is 0 Å². The van der Waals surface area contributed by atoms with Crippen LogP contribution in [0.25, 0.3) is 0 Å². The molecular formula is C17H33NO6. The lowest BCUT2D eigenvalue weighted by Gasteiger charge is -2.19. The molecule has 0 saturated heterocycles. The van der Waals surface area contributed by atoms with Gasteiger partial charge in [-0.2, -0.15) is 0 Å². The van der Waals surface area contributed by atoms with Crippen LogP contribution in [0.15, 0.2) is 0 Å². The second-order valence-corrected chi connectivity index (χ2v) is 6.27. The summed E-state index contributed by atoms with van der Waals surface area (Å²) < 4.78 is 20.7. The van der Waals surface area contributed by atoms with Crippen molar-refractivity contribution in [2.75, 3.05) is 39.6 Å². The zero-order chi connectivity index (χ0) is 18.3. The third-order valence-corrected chi connectivity index (χ3v) is 2.76. The molecule has 7 nitrogen and oxygen atoms in total. The van der Waals surface area contributed by atoms with Crippen molar-refractivity contribution in [3.63, 3.8) is 0 Å². The van der Waals surface area contributed by atoms with Crippen LogP contribution in [0.5, 0.6) is 0 Å². The van der Waals surface area contributed by atoms with Gasteiger partial charge in [-0.05, 0) is 40.5 Å². The molecule has 0 saturated carbocycles. The van der Waals surface area contributed by atoms with Crippen molar-refractivity contribution >= 4 is 12.1 Å². The summed E-state index contributed by atoms with van der Waals surface area (Å²) in [5.74, 6) is -0.133. The van der Waals surface area contributed by atoms with Crippen LogP contribution in [-0.2, 0) is 23.7 Å². The average Bonchev–Trinajstić information content (AvgIpc) is 2.46. The van der Waals surface area contributed by atoms with E-state index in [1.165, 1.54) is 0 Å². The topological polar surface area (TPSA) is 83.1 Å². The van der Waals surface area contributed by atoms with Crippen LogP contribution in [0.4, 0.5) is 4.79 Å². The number of amides is 1. The van der Waals surface area contributed by atoms with Crippen LogP contribution < -0.4 is 5.32 Å². The van der Waals surface area contributed by atoms with Gasteiger partial charge in [0.15, 0.2) is 0 Å². The molecule has 0 aliphatic heterocycles. The molecule has 0 aromatic carbocycles. The van der Waals surface area contributed by atoms with Crippen molar-refractivity contribution < 1.29 is 28.5 Å². The van der Waals surface area contributed by atoms with E-state index in [-0.39, 0.29) is 5.97 Å². The van der Waals surface area contributed by atoms with Crippen LogP contribution in [0.1, 0.15) is 53.4 Å². The minimum absolute atomic E-state index is 0.133. The van der Waals surface area contributed by atoms with Crippen LogP contribution in [-0.4, -0.2) is 57.2 Å². The Morgan fingerprint density at radius 1 is 0.917 bits per heavy atom. The van der Waals surface area contributed by atoms with Gasteiger partial charge in [-0.3, -0.25) is 4.79 Å². The van der Waals surface area contributed by atoms with E-state index in [2.05, 4.69) is 5.32 Å². The molecule has 0 aromatic rings. The van der Waals surface area contributed by atoms with Crippen molar-refractivity contribution in [2.24, 2.45) is 0 Å². The van der Waals surface area contributed by atoms with Gasteiger partial charge in [0.25, 0.3) is 0 Å². The lowest BCUT2D eigenvalue weighted by Crippen LogP contribution is -2.34. The average molecular weight is 347 g/mol. The minimum atomic E-state index is -0.491. The summed E-state index contributed by atoms with van der Waals surface area (Å²) in [7, 11) is 0. The molecule has 0 rings (SSSR count). The van der Waals surface area contributed by atoms with Gasteiger partial charge in [-0.1, -0.05) is 6.42 Å². The standard InChI is InChI=1S/C17H33NO6/c1-5-23-15(19)9-7-6-8-11-21-13-14-22-12-10-18-16(20)24-17(2,3)4/h5-14H2,1-4H3,(H,18,20). The molecule has 7 heteroatoms. The molecular weight excluding hydrogens is 314 g/mol. The molecule has 1 amide bonds. The summed E-state index contributed by atoms with van der Waals surface area (Å²) in [5.41, 5.74) is -0.491. The number of nitrogens with one attached hydrogen (secondary N) is 1. The Bertz CT molecular complexity index is 340. The monoisotopic (exact) mass is 347 g/mol. The van der Waals surface area contributed by atoms with Crippen molar-refractivity contribution in [2.45, 2.75) is 59.0 Å². The lowest BCUT2D eigenvalue weighted by molar-refractivity contribution is -0.143. The predicted molar refractivity (Wildman–Crippen MR) is 91.0 cm³/mol. The zero-order valence-corrected chi connectivity index (χ0v) is 15.5. The van der Waals surface area contributed by atoms with Gasteiger partial charge in [0.1, 0.15) is 5.60 Å². The fraction of sp³-hybridized carbons (Fsp3) is 0.882. The molecule has 0 aliphatic carbocycles. The maximum absolute atomic E-state index is 11.4. The summed E-state index contributed by atoms with van der Waals surface area (Å²) in [6.07, 6.45) is 2.72. The Hall–Kier alpha value is -1.34. The van der Waals surface area contributed by atoms with E-state index in [9.17, 15) is 9.59 Å².